The van der Waals surface area contributed by atoms with Crippen LogP contribution in [0.2, 0.25) is 0 Å². The van der Waals surface area contributed by atoms with Crippen molar-refractivity contribution >= 4 is 17.0 Å². The van der Waals surface area contributed by atoms with Gasteiger partial charge in [0.25, 0.3) is 0 Å². The van der Waals surface area contributed by atoms with Crippen molar-refractivity contribution < 1.29 is 27.8 Å². The maximum absolute atomic E-state index is 12.4. The van der Waals surface area contributed by atoms with Crippen LogP contribution in [0.15, 0.2) is 42.7 Å². The van der Waals surface area contributed by atoms with Gasteiger partial charge in [-0.1, -0.05) is 6.07 Å². The van der Waals surface area contributed by atoms with E-state index in [1.165, 1.54) is 24.4 Å². The number of halogens is 2. The van der Waals surface area contributed by atoms with Crippen molar-refractivity contribution in [3.63, 3.8) is 0 Å². The van der Waals surface area contributed by atoms with Crippen LogP contribution in [0.4, 0.5) is 8.78 Å². The SMILES string of the molecule is CCOc1cc(COC(=O)c2ccnc3[nH]ccc23)ccc1OC(F)F. The summed E-state index contributed by atoms with van der Waals surface area (Å²) in [7, 11) is 0. The van der Waals surface area contributed by atoms with Gasteiger partial charge in [-0.05, 0) is 36.8 Å². The second-order valence-corrected chi connectivity index (χ2v) is 5.27. The monoisotopic (exact) mass is 362 g/mol. The lowest BCUT2D eigenvalue weighted by molar-refractivity contribution is -0.0514. The fourth-order valence-electron chi connectivity index (χ4n) is 2.47. The number of rotatable bonds is 7. The zero-order chi connectivity index (χ0) is 18.5. The Labute approximate surface area is 147 Å². The molecule has 0 saturated heterocycles. The summed E-state index contributed by atoms with van der Waals surface area (Å²) in [6, 6.07) is 7.71. The van der Waals surface area contributed by atoms with Gasteiger partial charge in [0.05, 0.1) is 12.2 Å². The fraction of sp³-hybridized carbons (Fsp3) is 0.222. The van der Waals surface area contributed by atoms with Crippen molar-refractivity contribution in [1.29, 1.82) is 0 Å². The lowest BCUT2D eigenvalue weighted by Gasteiger charge is -2.13. The largest absolute Gasteiger partial charge is 0.490 e. The first-order valence-corrected chi connectivity index (χ1v) is 7.88. The maximum atomic E-state index is 12.4. The number of fused-ring (bicyclic) bond motifs is 1. The van der Waals surface area contributed by atoms with E-state index >= 15 is 0 Å². The fourth-order valence-corrected chi connectivity index (χ4v) is 2.47. The number of aromatic amines is 1. The zero-order valence-electron chi connectivity index (χ0n) is 13.9. The molecule has 1 aromatic carbocycles. The van der Waals surface area contributed by atoms with Gasteiger partial charge >= 0.3 is 12.6 Å². The summed E-state index contributed by atoms with van der Waals surface area (Å²) in [6.07, 6.45) is 3.20. The third kappa shape index (κ3) is 3.90. The van der Waals surface area contributed by atoms with E-state index in [9.17, 15) is 13.6 Å². The van der Waals surface area contributed by atoms with Crippen LogP contribution < -0.4 is 9.47 Å². The lowest BCUT2D eigenvalue weighted by Crippen LogP contribution is -2.07. The second kappa shape index (κ2) is 7.81. The third-order valence-electron chi connectivity index (χ3n) is 3.57. The highest BCUT2D eigenvalue weighted by Gasteiger charge is 2.15. The molecule has 0 aliphatic heterocycles. The molecular weight excluding hydrogens is 346 g/mol. The molecule has 0 saturated carbocycles. The van der Waals surface area contributed by atoms with Crippen LogP contribution in [0, 0.1) is 0 Å². The van der Waals surface area contributed by atoms with Gasteiger partial charge in [0.1, 0.15) is 12.3 Å². The molecule has 0 atom stereocenters. The number of aromatic nitrogens is 2. The van der Waals surface area contributed by atoms with Crippen LogP contribution in [0.1, 0.15) is 22.8 Å². The summed E-state index contributed by atoms with van der Waals surface area (Å²) < 4.78 is 39.9. The molecule has 0 unspecified atom stereocenters. The highest BCUT2D eigenvalue weighted by Crippen LogP contribution is 2.30. The number of hydrogen-bond acceptors (Lipinski definition) is 5. The number of alkyl halides is 2. The van der Waals surface area contributed by atoms with Gasteiger partial charge in [-0.15, -0.1) is 0 Å². The van der Waals surface area contributed by atoms with Crippen molar-refractivity contribution in [2.24, 2.45) is 0 Å². The summed E-state index contributed by atoms with van der Waals surface area (Å²) in [5, 5.41) is 0.660. The molecule has 1 N–H and O–H groups in total. The van der Waals surface area contributed by atoms with Gasteiger partial charge in [0, 0.05) is 17.8 Å². The molecule has 2 heterocycles. The number of esters is 1. The predicted molar refractivity (Wildman–Crippen MR) is 89.5 cm³/mol. The first-order chi connectivity index (χ1) is 12.6. The Morgan fingerprint density at radius 3 is 2.85 bits per heavy atom. The molecule has 0 aliphatic rings. The summed E-state index contributed by atoms with van der Waals surface area (Å²) in [5.74, 6) is -0.416. The van der Waals surface area contributed by atoms with Gasteiger partial charge in [0.15, 0.2) is 11.5 Å². The molecule has 3 rings (SSSR count). The highest BCUT2D eigenvalue weighted by atomic mass is 19.3. The Balaban J connectivity index is 1.73. The number of nitrogens with zero attached hydrogens (tertiary/aromatic N) is 1. The second-order valence-electron chi connectivity index (χ2n) is 5.27. The van der Waals surface area contributed by atoms with E-state index in [0.29, 0.717) is 22.2 Å². The number of pyridine rings is 1. The van der Waals surface area contributed by atoms with E-state index in [4.69, 9.17) is 9.47 Å². The molecule has 26 heavy (non-hydrogen) atoms. The van der Waals surface area contributed by atoms with Gasteiger partial charge in [-0.3, -0.25) is 0 Å². The van der Waals surface area contributed by atoms with Crippen LogP contribution in [-0.4, -0.2) is 29.2 Å². The topological polar surface area (TPSA) is 73.4 Å². The molecule has 3 aromatic rings. The van der Waals surface area contributed by atoms with Gasteiger partial charge < -0.3 is 19.2 Å². The molecule has 6 nitrogen and oxygen atoms in total. The average molecular weight is 362 g/mol. The Hall–Kier alpha value is -3.16. The van der Waals surface area contributed by atoms with Crippen molar-refractivity contribution in [2.45, 2.75) is 20.1 Å². The van der Waals surface area contributed by atoms with E-state index in [2.05, 4.69) is 14.7 Å². The number of carbonyl (C=O) groups is 1. The first-order valence-electron chi connectivity index (χ1n) is 7.88. The summed E-state index contributed by atoms with van der Waals surface area (Å²) >= 11 is 0. The van der Waals surface area contributed by atoms with E-state index < -0.39 is 12.6 Å². The number of hydrogen-bond donors (Lipinski definition) is 1. The number of carbonyl (C=O) groups excluding carboxylic acids is 1. The van der Waals surface area contributed by atoms with Crippen molar-refractivity contribution in [1.82, 2.24) is 9.97 Å². The Morgan fingerprint density at radius 1 is 1.23 bits per heavy atom. The number of nitrogens with one attached hydrogen (secondary N) is 1. The van der Waals surface area contributed by atoms with E-state index in [1.807, 2.05) is 0 Å². The summed E-state index contributed by atoms with van der Waals surface area (Å²) in [5.41, 5.74) is 1.56. The smallest absolute Gasteiger partial charge is 0.387 e. The maximum Gasteiger partial charge on any atom is 0.387 e. The average Bonchev–Trinajstić information content (AvgIpc) is 3.10. The van der Waals surface area contributed by atoms with Crippen LogP contribution in [-0.2, 0) is 11.3 Å². The lowest BCUT2D eigenvalue weighted by atomic mass is 10.2. The third-order valence-corrected chi connectivity index (χ3v) is 3.57. The van der Waals surface area contributed by atoms with E-state index in [0.717, 1.165) is 0 Å². The molecule has 0 aliphatic carbocycles. The molecule has 0 spiro atoms. The van der Waals surface area contributed by atoms with E-state index in [1.54, 1.807) is 25.3 Å². The van der Waals surface area contributed by atoms with Gasteiger partial charge in [-0.25, -0.2) is 9.78 Å². The van der Waals surface area contributed by atoms with E-state index in [-0.39, 0.29) is 24.7 Å². The zero-order valence-corrected chi connectivity index (χ0v) is 13.9. The Morgan fingerprint density at radius 2 is 2.08 bits per heavy atom. The molecule has 0 radical (unpaired) electrons. The van der Waals surface area contributed by atoms with Crippen LogP contribution >= 0.6 is 0 Å². The molecular formula is C18H16F2N2O4. The van der Waals surface area contributed by atoms with Crippen LogP contribution in [0.5, 0.6) is 11.5 Å². The van der Waals surface area contributed by atoms with Crippen molar-refractivity contribution in [3.05, 3.63) is 53.9 Å². The molecule has 0 fully saturated rings. The molecule has 2 aromatic heterocycles. The van der Waals surface area contributed by atoms with Crippen molar-refractivity contribution in [2.75, 3.05) is 6.61 Å². The predicted octanol–water partition coefficient (Wildman–Crippen LogP) is 3.92. The Bertz CT molecular complexity index is 911. The van der Waals surface area contributed by atoms with Gasteiger partial charge in [0.2, 0.25) is 0 Å². The Kier molecular flexibility index (Phi) is 5.31. The number of H-pyrrole nitrogens is 1. The number of ether oxygens (including phenoxy) is 3. The minimum atomic E-state index is -2.95. The normalized spacial score (nSPS) is 10.9. The standard InChI is InChI=1S/C18H16F2N2O4/c1-2-24-15-9-11(3-4-14(15)26-18(19)20)10-25-17(23)13-6-8-22-16-12(13)5-7-21-16/h3-9,18H,2,10H2,1H3,(H,21,22). The minimum absolute atomic E-state index is 0.0396. The van der Waals surface area contributed by atoms with Crippen LogP contribution in [0.25, 0.3) is 11.0 Å². The van der Waals surface area contributed by atoms with Crippen LogP contribution in [0.3, 0.4) is 0 Å². The number of benzene rings is 1. The summed E-state index contributed by atoms with van der Waals surface area (Å²) in [6.45, 7) is -0.981. The molecule has 0 bridgehead atoms. The highest BCUT2D eigenvalue weighted by molar-refractivity contribution is 6.02. The first kappa shape index (κ1) is 17.7. The molecule has 0 amide bonds. The quantitative estimate of drug-likeness (QED) is 0.645. The molecule has 8 heteroatoms. The molecule has 136 valence electrons. The van der Waals surface area contributed by atoms with Gasteiger partial charge in [-0.2, -0.15) is 8.78 Å². The summed E-state index contributed by atoms with van der Waals surface area (Å²) in [4.78, 5) is 19.4. The van der Waals surface area contributed by atoms with Crippen molar-refractivity contribution in [3.8, 4) is 11.5 Å². The minimum Gasteiger partial charge on any atom is -0.490 e.